The van der Waals surface area contributed by atoms with E-state index in [1.54, 1.807) is 0 Å². The second-order valence-electron chi connectivity index (χ2n) is 10.1. The molecule has 202 valence electrons. The fourth-order valence-electron chi connectivity index (χ4n) is 5.99. The van der Waals surface area contributed by atoms with E-state index in [2.05, 4.69) is 15.6 Å². The minimum atomic E-state index is -3.27. The zero-order valence-electron chi connectivity index (χ0n) is 20.0. The SMILES string of the molecule is N#C[C@@H](C[C@H]1CCCNC1=O)NC(=O)[C@H]1[C@@H]2CC[C@@H](CC2(F)F)N1C(=O)c1cc2c(F)cc(F)c(F)c2[nH]1. The average molecular weight is 537 g/mol. The Morgan fingerprint density at radius 3 is 2.63 bits per heavy atom. The molecule has 38 heavy (non-hydrogen) atoms. The highest BCUT2D eigenvalue weighted by molar-refractivity contribution is 6.01. The molecular formula is C25H24F5N5O3. The van der Waals surface area contributed by atoms with Crippen LogP contribution >= 0.6 is 0 Å². The number of nitriles is 1. The number of piperidine rings is 3. The molecular weight excluding hydrogens is 513 g/mol. The maximum Gasteiger partial charge on any atom is 0.271 e. The van der Waals surface area contributed by atoms with Crippen LogP contribution < -0.4 is 10.6 Å². The Kier molecular flexibility index (Phi) is 6.53. The van der Waals surface area contributed by atoms with Gasteiger partial charge in [0.25, 0.3) is 11.8 Å². The summed E-state index contributed by atoms with van der Waals surface area (Å²) in [6.07, 6.45) is 0.601. The summed E-state index contributed by atoms with van der Waals surface area (Å²) in [6.45, 7) is 0.504. The van der Waals surface area contributed by atoms with Gasteiger partial charge in [-0.15, -0.1) is 0 Å². The van der Waals surface area contributed by atoms with E-state index in [4.69, 9.17) is 0 Å². The third kappa shape index (κ3) is 4.35. The lowest BCUT2D eigenvalue weighted by atomic mass is 9.71. The van der Waals surface area contributed by atoms with Gasteiger partial charge < -0.3 is 20.5 Å². The van der Waals surface area contributed by atoms with Gasteiger partial charge in [0.15, 0.2) is 11.6 Å². The Bertz CT molecular complexity index is 1360. The van der Waals surface area contributed by atoms with Gasteiger partial charge in [0.2, 0.25) is 11.8 Å². The molecule has 4 heterocycles. The Morgan fingerprint density at radius 1 is 1.18 bits per heavy atom. The third-order valence-electron chi connectivity index (χ3n) is 7.82. The zero-order valence-corrected chi connectivity index (χ0v) is 20.0. The number of aromatic amines is 1. The van der Waals surface area contributed by atoms with E-state index in [0.717, 1.165) is 11.0 Å². The van der Waals surface area contributed by atoms with Gasteiger partial charge in [0.1, 0.15) is 23.6 Å². The van der Waals surface area contributed by atoms with E-state index < -0.39 is 88.2 Å². The van der Waals surface area contributed by atoms with Crippen LogP contribution in [0, 0.1) is 40.6 Å². The summed E-state index contributed by atoms with van der Waals surface area (Å²) >= 11 is 0. The number of hydrogen-bond donors (Lipinski definition) is 3. The number of amides is 3. The van der Waals surface area contributed by atoms with Crippen molar-refractivity contribution < 1.29 is 36.3 Å². The van der Waals surface area contributed by atoms with Gasteiger partial charge in [-0.05, 0) is 38.2 Å². The van der Waals surface area contributed by atoms with Crippen molar-refractivity contribution in [1.82, 2.24) is 20.5 Å². The molecule has 1 aliphatic carbocycles. The van der Waals surface area contributed by atoms with Gasteiger partial charge in [-0.25, -0.2) is 22.0 Å². The number of nitrogens with zero attached hydrogens (tertiary/aromatic N) is 2. The van der Waals surface area contributed by atoms with Gasteiger partial charge in [0, 0.05) is 36.4 Å². The normalized spacial score (nSPS) is 27.1. The van der Waals surface area contributed by atoms with E-state index in [0.29, 0.717) is 25.5 Å². The molecule has 3 saturated heterocycles. The van der Waals surface area contributed by atoms with Gasteiger partial charge in [-0.3, -0.25) is 14.4 Å². The third-order valence-corrected chi connectivity index (χ3v) is 7.82. The Labute approximate surface area is 213 Å². The van der Waals surface area contributed by atoms with E-state index in [-0.39, 0.29) is 25.2 Å². The number of aromatic nitrogens is 1. The molecule has 0 unspecified atom stereocenters. The first-order valence-corrected chi connectivity index (χ1v) is 12.4. The van der Waals surface area contributed by atoms with Crippen LogP contribution in [0.25, 0.3) is 10.9 Å². The van der Waals surface area contributed by atoms with Crippen LogP contribution in [-0.4, -0.2) is 58.2 Å². The van der Waals surface area contributed by atoms with Crippen molar-refractivity contribution in [2.45, 2.75) is 62.6 Å². The number of benzene rings is 1. The molecule has 1 aromatic heterocycles. The van der Waals surface area contributed by atoms with Crippen LogP contribution in [0.3, 0.4) is 0 Å². The number of nitrogens with one attached hydrogen (secondary N) is 3. The highest BCUT2D eigenvalue weighted by Gasteiger charge is 2.60. The standard InChI is InChI=1S/C25H24F5N5O3/c26-16-8-17(27)19(28)20-14(16)7-18(34-20)24(38)35-13-3-4-15(25(29,30)9-13)21(35)23(37)33-12(10-31)6-11-2-1-5-32-22(11)36/h7-8,11-13,15,21,34H,1-6,9H2,(H,32,36)(H,33,37)/t11-,12-,13+,15+,21-/m1/s1. The topological polar surface area (TPSA) is 118 Å². The van der Waals surface area contributed by atoms with Gasteiger partial charge in [-0.2, -0.15) is 5.26 Å². The fraction of sp³-hybridized carbons (Fsp3) is 0.520. The van der Waals surface area contributed by atoms with Crippen molar-refractivity contribution in [2.75, 3.05) is 6.54 Å². The number of halogens is 5. The summed E-state index contributed by atoms with van der Waals surface area (Å²) in [7, 11) is 0. The molecule has 0 spiro atoms. The molecule has 4 fully saturated rings. The summed E-state index contributed by atoms with van der Waals surface area (Å²) in [4.78, 5) is 42.3. The summed E-state index contributed by atoms with van der Waals surface area (Å²) in [5, 5.41) is 14.3. The number of hydrogen-bond acceptors (Lipinski definition) is 4. The predicted octanol–water partition coefficient (Wildman–Crippen LogP) is 3.14. The molecule has 1 saturated carbocycles. The lowest BCUT2D eigenvalue weighted by molar-refractivity contribution is -0.179. The summed E-state index contributed by atoms with van der Waals surface area (Å²) in [5.74, 6) is -11.6. The summed E-state index contributed by atoms with van der Waals surface area (Å²) in [5.41, 5.74) is -0.998. The van der Waals surface area contributed by atoms with E-state index in [1.807, 2.05) is 6.07 Å². The smallest absolute Gasteiger partial charge is 0.271 e. The molecule has 6 rings (SSSR count). The van der Waals surface area contributed by atoms with Crippen molar-refractivity contribution in [3.05, 3.63) is 35.3 Å². The van der Waals surface area contributed by atoms with Gasteiger partial charge in [0.05, 0.1) is 17.5 Å². The first-order chi connectivity index (χ1) is 18.0. The minimum absolute atomic E-state index is 0.0225. The summed E-state index contributed by atoms with van der Waals surface area (Å²) in [6, 6.07) is -0.723. The van der Waals surface area contributed by atoms with Crippen molar-refractivity contribution in [2.24, 2.45) is 11.8 Å². The van der Waals surface area contributed by atoms with Crippen LogP contribution in [0.1, 0.15) is 49.0 Å². The molecule has 3 amide bonds. The Hall–Kier alpha value is -3.69. The fourth-order valence-corrected chi connectivity index (χ4v) is 5.99. The number of fused-ring (bicyclic) bond motifs is 4. The number of carbonyl (C=O) groups excluding carboxylic acids is 3. The van der Waals surface area contributed by atoms with Crippen LogP contribution in [0.2, 0.25) is 0 Å². The zero-order chi connectivity index (χ0) is 27.4. The first-order valence-electron chi connectivity index (χ1n) is 12.4. The van der Waals surface area contributed by atoms with Gasteiger partial charge in [-0.1, -0.05) is 0 Å². The number of carbonyl (C=O) groups is 3. The molecule has 13 heteroatoms. The molecule has 0 radical (unpaired) electrons. The average Bonchev–Trinajstić information content (AvgIpc) is 3.33. The minimum Gasteiger partial charge on any atom is -0.356 e. The van der Waals surface area contributed by atoms with E-state index in [9.17, 15) is 41.6 Å². The van der Waals surface area contributed by atoms with Crippen molar-refractivity contribution in [3.8, 4) is 6.07 Å². The van der Waals surface area contributed by atoms with Crippen molar-refractivity contribution in [1.29, 1.82) is 5.26 Å². The van der Waals surface area contributed by atoms with Crippen molar-refractivity contribution in [3.63, 3.8) is 0 Å². The van der Waals surface area contributed by atoms with Crippen molar-refractivity contribution >= 4 is 28.6 Å². The Balaban J connectivity index is 1.44. The maximum absolute atomic E-state index is 14.9. The monoisotopic (exact) mass is 537 g/mol. The maximum atomic E-state index is 14.9. The molecule has 1 aromatic carbocycles. The number of rotatable bonds is 5. The van der Waals surface area contributed by atoms with Gasteiger partial charge >= 0.3 is 0 Å². The highest BCUT2D eigenvalue weighted by atomic mass is 19.3. The second-order valence-corrected chi connectivity index (χ2v) is 10.1. The lowest BCUT2D eigenvalue weighted by Gasteiger charge is -2.53. The molecule has 2 bridgehead atoms. The molecule has 3 N–H and O–H groups in total. The molecule has 2 aromatic rings. The van der Waals surface area contributed by atoms with E-state index >= 15 is 0 Å². The number of alkyl halides is 2. The predicted molar refractivity (Wildman–Crippen MR) is 122 cm³/mol. The van der Waals surface area contributed by atoms with Crippen LogP contribution in [0.4, 0.5) is 22.0 Å². The molecule has 4 aliphatic rings. The Morgan fingerprint density at radius 2 is 1.95 bits per heavy atom. The quantitative estimate of drug-likeness (QED) is 0.401. The second kappa shape index (κ2) is 9.56. The van der Waals surface area contributed by atoms with E-state index in [1.165, 1.54) is 0 Å². The largest absolute Gasteiger partial charge is 0.356 e. The van der Waals surface area contributed by atoms with Crippen LogP contribution in [0.5, 0.6) is 0 Å². The van der Waals surface area contributed by atoms with Crippen LogP contribution in [-0.2, 0) is 9.59 Å². The molecule has 5 atom stereocenters. The number of H-pyrrole nitrogens is 1. The lowest BCUT2D eigenvalue weighted by Crippen LogP contribution is -2.68. The molecule has 3 aliphatic heterocycles. The molecule has 8 nitrogen and oxygen atoms in total. The highest BCUT2D eigenvalue weighted by Crippen LogP contribution is 2.49. The first kappa shape index (κ1) is 25.9. The van der Waals surface area contributed by atoms with Crippen LogP contribution in [0.15, 0.2) is 12.1 Å². The summed E-state index contributed by atoms with van der Waals surface area (Å²) < 4.78 is 72.0.